The first-order valence-electron chi connectivity index (χ1n) is 13.1. The highest BCUT2D eigenvalue weighted by molar-refractivity contribution is 6.32. The van der Waals surface area contributed by atoms with Crippen LogP contribution in [0.2, 0.25) is 5.02 Å². The highest BCUT2D eigenvalue weighted by atomic mass is 35.5. The Balaban J connectivity index is 1.64. The smallest absolute Gasteiger partial charge is 0.263 e. The lowest BCUT2D eigenvalue weighted by molar-refractivity contribution is -0.123. The molecule has 0 aliphatic carbocycles. The van der Waals surface area contributed by atoms with E-state index in [1.807, 2.05) is 20.8 Å². The van der Waals surface area contributed by atoms with Crippen molar-refractivity contribution in [1.29, 1.82) is 0 Å². The maximum absolute atomic E-state index is 13.7. The fourth-order valence-electron chi connectivity index (χ4n) is 4.59. The number of pyridine rings is 1. The Kier molecular flexibility index (Phi) is 8.89. The number of likely N-dealkylation sites (tertiary alicyclic amines) is 1. The summed E-state index contributed by atoms with van der Waals surface area (Å²) < 4.78 is 12.6. The predicted molar refractivity (Wildman–Crippen MR) is 149 cm³/mol. The van der Waals surface area contributed by atoms with Gasteiger partial charge in [-0.05, 0) is 77.4 Å². The minimum atomic E-state index is -0.453. The molecule has 0 saturated carbocycles. The Bertz CT molecular complexity index is 1350. The number of amides is 1. The molecule has 10 heteroatoms. The van der Waals surface area contributed by atoms with Crippen molar-refractivity contribution in [3.8, 4) is 22.9 Å². The minimum Gasteiger partial charge on any atom is -0.495 e. The van der Waals surface area contributed by atoms with Gasteiger partial charge in [0.1, 0.15) is 23.9 Å². The van der Waals surface area contributed by atoms with Gasteiger partial charge in [0.05, 0.1) is 30.3 Å². The summed E-state index contributed by atoms with van der Waals surface area (Å²) in [5.74, 6) is 0.928. The van der Waals surface area contributed by atoms with Gasteiger partial charge in [0, 0.05) is 17.6 Å². The van der Waals surface area contributed by atoms with E-state index in [1.165, 1.54) is 30.9 Å². The summed E-state index contributed by atoms with van der Waals surface area (Å²) in [6.07, 6.45) is 6.30. The number of ether oxygens (including phenoxy) is 2. The average molecular weight is 542 g/mol. The number of methoxy groups -OCH3 is 1. The maximum atomic E-state index is 13.7. The monoisotopic (exact) mass is 541 g/mol. The molecule has 1 saturated heterocycles. The molecule has 1 N–H and O–H groups in total. The van der Waals surface area contributed by atoms with Crippen LogP contribution in [0.3, 0.4) is 0 Å². The zero-order valence-electron chi connectivity index (χ0n) is 22.6. The fourth-order valence-corrected chi connectivity index (χ4v) is 4.79. The lowest BCUT2D eigenvalue weighted by Gasteiger charge is -2.26. The number of aromatic nitrogens is 3. The van der Waals surface area contributed by atoms with Crippen LogP contribution in [0.4, 0.5) is 0 Å². The summed E-state index contributed by atoms with van der Waals surface area (Å²) in [5.41, 5.74) is 0.0146. The first kappa shape index (κ1) is 27.9. The second-order valence-corrected chi connectivity index (χ2v) is 11.0. The van der Waals surface area contributed by atoms with Gasteiger partial charge in [-0.1, -0.05) is 18.0 Å². The van der Waals surface area contributed by atoms with Crippen LogP contribution in [0.5, 0.6) is 11.5 Å². The van der Waals surface area contributed by atoms with E-state index in [2.05, 4.69) is 20.2 Å². The highest BCUT2D eigenvalue weighted by Gasteiger charge is 2.20. The summed E-state index contributed by atoms with van der Waals surface area (Å²) in [6.45, 7) is 9.26. The van der Waals surface area contributed by atoms with E-state index in [0.29, 0.717) is 34.5 Å². The lowest BCUT2D eigenvalue weighted by atomic mass is 10.1. The molecule has 9 nitrogen and oxygen atoms in total. The summed E-state index contributed by atoms with van der Waals surface area (Å²) in [4.78, 5) is 38.1. The Morgan fingerprint density at radius 1 is 1.16 bits per heavy atom. The second-order valence-electron chi connectivity index (χ2n) is 10.6. The molecule has 3 aromatic rings. The number of nitrogens with zero attached hydrogens (tertiary/aromatic N) is 4. The molecule has 2 aromatic heterocycles. The molecule has 3 heterocycles. The summed E-state index contributed by atoms with van der Waals surface area (Å²) in [6, 6.07) is 6.74. The SMILES string of the molecule is COc1cc(-c2nc3ncc(OCCCN4CCCCC4)cc3c(=O)n2CC(=O)NC(C)(C)C)ccc1Cl. The molecule has 1 aliphatic rings. The topological polar surface area (TPSA) is 98.6 Å². The van der Waals surface area contributed by atoms with E-state index < -0.39 is 5.54 Å². The van der Waals surface area contributed by atoms with Crippen molar-refractivity contribution in [1.82, 2.24) is 24.8 Å². The van der Waals surface area contributed by atoms with Crippen molar-refractivity contribution in [3.05, 3.63) is 45.8 Å². The van der Waals surface area contributed by atoms with E-state index in [0.717, 1.165) is 26.1 Å². The quantitative estimate of drug-likeness (QED) is 0.403. The maximum Gasteiger partial charge on any atom is 0.263 e. The normalized spacial score (nSPS) is 14.4. The van der Waals surface area contributed by atoms with Gasteiger partial charge in [-0.3, -0.25) is 14.2 Å². The molecule has 1 amide bonds. The molecule has 0 atom stereocenters. The van der Waals surface area contributed by atoms with Crippen LogP contribution in [0.15, 0.2) is 35.3 Å². The van der Waals surface area contributed by atoms with E-state index in [9.17, 15) is 9.59 Å². The van der Waals surface area contributed by atoms with Gasteiger partial charge >= 0.3 is 0 Å². The highest BCUT2D eigenvalue weighted by Crippen LogP contribution is 2.30. The third-order valence-electron chi connectivity index (χ3n) is 6.35. The van der Waals surface area contributed by atoms with Crippen LogP contribution in [0, 0.1) is 0 Å². The number of carbonyl (C=O) groups excluding carboxylic acids is 1. The molecule has 1 fully saturated rings. The Morgan fingerprint density at radius 3 is 2.63 bits per heavy atom. The Labute approximate surface area is 228 Å². The van der Waals surface area contributed by atoms with Gasteiger partial charge in [-0.15, -0.1) is 0 Å². The Hall–Kier alpha value is -3.17. The van der Waals surface area contributed by atoms with Crippen molar-refractivity contribution in [2.45, 2.75) is 58.5 Å². The fraction of sp³-hybridized carbons (Fsp3) is 0.500. The molecule has 0 unspecified atom stereocenters. The number of hydrogen-bond acceptors (Lipinski definition) is 7. The molecule has 0 radical (unpaired) electrons. The number of benzene rings is 1. The van der Waals surface area contributed by atoms with Crippen LogP contribution in [-0.2, 0) is 11.3 Å². The molecule has 4 rings (SSSR count). The van der Waals surface area contributed by atoms with Gasteiger partial charge < -0.3 is 19.7 Å². The minimum absolute atomic E-state index is 0.208. The van der Waals surface area contributed by atoms with Crippen molar-refractivity contribution >= 4 is 28.5 Å². The number of nitrogens with one attached hydrogen (secondary N) is 1. The summed E-state index contributed by atoms with van der Waals surface area (Å²) in [7, 11) is 1.51. The van der Waals surface area contributed by atoms with E-state index in [1.54, 1.807) is 30.5 Å². The summed E-state index contributed by atoms with van der Waals surface area (Å²) in [5, 5.41) is 3.62. The van der Waals surface area contributed by atoms with Crippen LogP contribution >= 0.6 is 11.6 Å². The lowest BCUT2D eigenvalue weighted by Crippen LogP contribution is -2.43. The summed E-state index contributed by atoms with van der Waals surface area (Å²) >= 11 is 6.21. The third-order valence-corrected chi connectivity index (χ3v) is 6.66. The molecular weight excluding hydrogens is 506 g/mol. The van der Waals surface area contributed by atoms with Crippen LogP contribution in [-0.4, -0.2) is 64.2 Å². The first-order valence-corrected chi connectivity index (χ1v) is 13.4. The van der Waals surface area contributed by atoms with Gasteiger partial charge in [-0.2, -0.15) is 0 Å². The van der Waals surface area contributed by atoms with E-state index in [-0.39, 0.29) is 29.0 Å². The molecule has 1 aromatic carbocycles. The molecule has 0 bridgehead atoms. The number of fused-ring (bicyclic) bond motifs is 1. The van der Waals surface area contributed by atoms with Crippen molar-refractivity contribution in [3.63, 3.8) is 0 Å². The number of rotatable bonds is 9. The van der Waals surface area contributed by atoms with E-state index in [4.69, 9.17) is 21.1 Å². The molecular formula is C28H36ClN5O4. The first-order chi connectivity index (χ1) is 18.1. The predicted octanol–water partition coefficient (Wildman–Crippen LogP) is 4.29. The van der Waals surface area contributed by atoms with Gasteiger partial charge in [0.25, 0.3) is 5.56 Å². The van der Waals surface area contributed by atoms with Crippen LogP contribution in [0.1, 0.15) is 46.5 Å². The number of halogens is 1. The van der Waals surface area contributed by atoms with Gasteiger partial charge in [-0.25, -0.2) is 9.97 Å². The third kappa shape index (κ3) is 7.02. The Morgan fingerprint density at radius 2 is 1.92 bits per heavy atom. The largest absolute Gasteiger partial charge is 0.495 e. The average Bonchev–Trinajstić information content (AvgIpc) is 2.88. The van der Waals surface area contributed by atoms with E-state index >= 15 is 0 Å². The standard InChI is InChI=1S/C28H36ClN5O4/c1-28(2,3)32-24(35)18-34-26(19-9-10-22(29)23(15-19)37-4)31-25-21(27(34)36)16-20(17-30-25)38-14-8-13-33-11-6-5-7-12-33/h9-10,15-17H,5-8,11-14,18H2,1-4H3,(H,32,35). The number of piperidine rings is 1. The molecule has 204 valence electrons. The zero-order valence-corrected chi connectivity index (χ0v) is 23.3. The second kappa shape index (κ2) is 12.1. The van der Waals surface area contributed by atoms with Crippen LogP contribution in [0.25, 0.3) is 22.4 Å². The van der Waals surface area contributed by atoms with Gasteiger partial charge in [0.15, 0.2) is 5.65 Å². The zero-order chi connectivity index (χ0) is 27.3. The number of carbonyl (C=O) groups is 1. The van der Waals surface area contributed by atoms with Crippen molar-refractivity contribution in [2.24, 2.45) is 0 Å². The molecule has 1 aliphatic heterocycles. The van der Waals surface area contributed by atoms with Crippen molar-refractivity contribution < 1.29 is 14.3 Å². The van der Waals surface area contributed by atoms with Crippen molar-refractivity contribution in [2.75, 3.05) is 33.4 Å². The van der Waals surface area contributed by atoms with Gasteiger partial charge in [0.2, 0.25) is 5.91 Å². The molecule has 0 spiro atoms. The molecule has 38 heavy (non-hydrogen) atoms. The number of hydrogen-bond donors (Lipinski definition) is 1. The van der Waals surface area contributed by atoms with Crippen LogP contribution < -0.4 is 20.3 Å².